The molecule has 0 bridgehead atoms. The van der Waals surface area contributed by atoms with Gasteiger partial charge in [-0.25, -0.2) is 0 Å². The number of amides is 1. The third-order valence-corrected chi connectivity index (χ3v) is 2.33. The van der Waals surface area contributed by atoms with Crippen LogP contribution in [-0.2, 0) is 4.79 Å². The molecular formula is C11H15ClN2O3. The molecule has 1 rings (SSSR count). The van der Waals surface area contributed by atoms with Crippen LogP contribution in [0.1, 0.15) is 6.92 Å². The van der Waals surface area contributed by atoms with E-state index < -0.39 is 18.6 Å². The van der Waals surface area contributed by atoms with Gasteiger partial charge in [-0.05, 0) is 25.1 Å². The molecule has 0 fully saturated rings. The van der Waals surface area contributed by atoms with Crippen molar-refractivity contribution in [1.29, 1.82) is 0 Å². The largest absolute Gasteiger partial charge is 0.492 e. The molecule has 4 N–H and O–H groups in total. The van der Waals surface area contributed by atoms with Crippen molar-refractivity contribution in [3.63, 3.8) is 0 Å². The highest BCUT2D eigenvalue weighted by Crippen LogP contribution is 2.27. The van der Waals surface area contributed by atoms with Crippen LogP contribution in [0.4, 0.5) is 5.69 Å². The van der Waals surface area contributed by atoms with Crippen molar-refractivity contribution in [2.45, 2.75) is 13.0 Å². The minimum atomic E-state index is -0.944. The number of carbonyl (C=O) groups is 1. The minimum Gasteiger partial charge on any atom is -0.492 e. The SMILES string of the molecule is CCOc1ccc(NC(=O)C(N)CO)cc1Cl. The number of nitrogens with two attached hydrogens (primary N) is 1. The van der Waals surface area contributed by atoms with E-state index in [1.54, 1.807) is 18.2 Å². The van der Waals surface area contributed by atoms with Crippen molar-refractivity contribution in [2.75, 3.05) is 18.5 Å². The Kier molecular flexibility index (Phi) is 5.21. The Morgan fingerprint density at radius 1 is 1.65 bits per heavy atom. The number of nitrogens with one attached hydrogen (secondary N) is 1. The maximum Gasteiger partial charge on any atom is 0.243 e. The molecule has 6 heteroatoms. The van der Waals surface area contributed by atoms with Gasteiger partial charge in [-0.1, -0.05) is 11.6 Å². The maximum atomic E-state index is 11.4. The van der Waals surface area contributed by atoms with Crippen LogP contribution in [0, 0.1) is 0 Å². The summed E-state index contributed by atoms with van der Waals surface area (Å²) in [7, 11) is 0. The molecule has 17 heavy (non-hydrogen) atoms. The van der Waals surface area contributed by atoms with Gasteiger partial charge in [0.2, 0.25) is 5.91 Å². The number of halogens is 1. The normalized spacial score (nSPS) is 12.0. The highest BCUT2D eigenvalue weighted by Gasteiger charge is 2.12. The smallest absolute Gasteiger partial charge is 0.243 e. The van der Waals surface area contributed by atoms with Gasteiger partial charge in [-0.2, -0.15) is 0 Å². The zero-order valence-electron chi connectivity index (χ0n) is 9.44. The number of hydrogen-bond donors (Lipinski definition) is 3. The van der Waals surface area contributed by atoms with Crippen molar-refractivity contribution in [3.8, 4) is 5.75 Å². The van der Waals surface area contributed by atoms with Gasteiger partial charge in [0.25, 0.3) is 0 Å². The lowest BCUT2D eigenvalue weighted by Crippen LogP contribution is -2.38. The van der Waals surface area contributed by atoms with Crippen molar-refractivity contribution in [2.24, 2.45) is 5.73 Å². The molecule has 0 aliphatic heterocycles. The van der Waals surface area contributed by atoms with Gasteiger partial charge in [0.05, 0.1) is 18.2 Å². The van der Waals surface area contributed by atoms with Gasteiger partial charge in [0.1, 0.15) is 11.8 Å². The Morgan fingerprint density at radius 3 is 2.88 bits per heavy atom. The molecule has 0 heterocycles. The van der Waals surface area contributed by atoms with Crippen LogP contribution < -0.4 is 15.8 Å². The second-order valence-corrected chi connectivity index (χ2v) is 3.76. The summed E-state index contributed by atoms with van der Waals surface area (Å²) in [5.74, 6) is 0.0892. The maximum absolute atomic E-state index is 11.4. The van der Waals surface area contributed by atoms with Crippen LogP contribution in [0.5, 0.6) is 5.75 Å². The summed E-state index contributed by atoms with van der Waals surface area (Å²) in [6, 6.07) is 3.93. The van der Waals surface area contributed by atoms with E-state index in [4.69, 9.17) is 27.2 Å². The Bertz CT molecular complexity index is 398. The summed E-state index contributed by atoms with van der Waals surface area (Å²) < 4.78 is 5.26. The van der Waals surface area contributed by atoms with Gasteiger partial charge in [-0.15, -0.1) is 0 Å². The van der Waals surface area contributed by atoms with Gasteiger partial charge in [0, 0.05) is 5.69 Å². The third kappa shape index (κ3) is 3.89. The van der Waals surface area contributed by atoms with Crippen molar-refractivity contribution >= 4 is 23.2 Å². The second kappa shape index (κ2) is 6.44. The van der Waals surface area contributed by atoms with Gasteiger partial charge in [-0.3, -0.25) is 4.79 Å². The first-order valence-corrected chi connectivity index (χ1v) is 5.56. The Labute approximate surface area is 105 Å². The average Bonchev–Trinajstić information content (AvgIpc) is 2.31. The molecule has 94 valence electrons. The molecule has 1 atom stereocenters. The Balaban J connectivity index is 2.73. The molecule has 0 aromatic heterocycles. The molecule has 0 aliphatic carbocycles. The fraction of sp³-hybridized carbons (Fsp3) is 0.364. The summed E-state index contributed by atoms with van der Waals surface area (Å²) in [4.78, 5) is 11.4. The first kappa shape index (κ1) is 13.8. The molecule has 0 saturated carbocycles. The van der Waals surface area contributed by atoms with E-state index in [0.29, 0.717) is 23.1 Å². The number of rotatable bonds is 5. The van der Waals surface area contributed by atoms with Crippen LogP contribution in [0.2, 0.25) is 5.02 Å². The molecule has 1 aromatic rings. The number of aliphatic hydroxyl groups excluding tert-OH is 1. The lowest BCUT2D eigenvalue weighted by molar-refractivity contribution is -0.118. The summed E-state index contributed by atoms with van der Waals surface area (Å²) >= 11 is 5.95. The molecule has 1 amide bonds. The summed E-state index contributed by atoms with van der Waals surface area (Å²) in [5.41, 5.74) is 5.87. The molecule has 0 saturated heterocycles. The predicted octanol–water partition coefficient (Wildman–Crippen LogP) is 0.997. The predicted molar refractivity (Wildman–Crippen MR) is 66.3 cm³/mol. The first-order valence-electron chi connectivity index (χ1n) is 5.18. The standard InChI is InChI=1S/C11H15ClN2O3/c1-2-17-10-4-3-7(5-8(10)12)14-11(16)9(13)6-15/h3-5,9,15H,2,6,13H2,1H3,(H,14,16). The lowest BCUT2D eigenvalue weighted by Gasteiger charge is -2.11. The summed E-state index contributed by atoms with van der Waals surface area (Å²) in [6.07, 6.45) is 0. The molecule has 0 spiro atoms. The van der Waals surface area contributed by atoms with Crippen LogP contribution >= 0.6 is 11.6 Å². The number of hydrogen-bond acceptors (Lipinski definition) is 4. The molecule has 1 aromatic carbocycles. The first-order chi connectivity index (χ1) is 8.08. The zero-order valence-corrected chi connectivity index (χ0v) is 10.2. The zero-order chi connectivity index (χ0) is 12.8. The molecule has 5 nitrogen and oxygen atoms in total. The van der Waals surface area contributed by atoms with Crippen LogP contribution in [0.15, 0.2) is 18.2 Å². The molecular weight excluding hydrogens is 244 g/mol. The average molecular weight is 259 g/mol. The van der Waals surface area contributed by atoms with Gasteiger partial charge >= 0.3 is 0 Å². The minimum absolute atomic E-state index is 0.405. The van der Waals surface area contributed by atoms with Gasteiger partial charge in [0.15, 0.2) is 0 Å². The number of benzene rings is 1. The van der Waals surface area contributed by atoms with E-state index in [1.165, 1.54) is 0 Å². The van der Waals surface area contributed by atoms with Gasteiger partial charge < -0.3 is 20.9 Å². The van der Waals surface area contributed by atoms with E-state index in [9.17, 15) is 4.79 Å². The lowest BCUT2D eigenvalue weighted by atomic mass is 10.2. The number of aliphatic hydroxyl groups is 1. The van der Waals surface area contributed by atoms with Crippen molar-refractivity contribution in [1.82, 2.24) is 0 Å². The third-order valence-electron chi connectivity index (χ3n) is 2.03. The molecule has 0 radical (unpaired) electrons. The van der Waals surface area contributed by atoms with E-state index in [1.807, 2.05) is 6.92 Å². The van der Waals surface area contributed by atoms with Crippen molar-refractivity contribution < 1.29 is 14.6 Å². The van der Waals surface area contributed by atoms with Crippen molar-refractivity contribution in [3.05, 3.63) is 23.2 Å². The Hall–Kier alpha value is -1.30. The summed E-state index contributed by atoms with van der Waals surface area (Å²) in [6.45, 7) is 1.96. The number of carbonyl (C=O) groups excluding carboxylic acids is 1. The van der Waals surface area contributed by atoms with Crippen LogP contribution in [-0.4, -0.2) is 30.3 Å². The van der Waals surface area contributed by atoms with E-state index in [-0.39, 0.29) is 0 Å². The van der Waals surface area contributed by atoms with Crippen LogP contribution in [0.25, 0.3) is 0 Å². The van der Waals surface area contributed by atoms with E-state index in [0.717, 1.165) is 0 Å². The highest BCUT2D eigenvalue weighted by molar-refractivity contribution is 6.32. The fourth-order valence-corrected chi connectivity index (χ4v) is 1.40. The molecule has 1 unspecified atom stereocenters. The molecule has 0 aliphatic rings. The van der Waals surface area contributed by atoms with Crippen LogP contribution in [0.3, 0.4) is 0 Å². The summed E-state index contributed by atoms with van der Waals surface area (Å²) in [5, 5.41) is 11.7. The number of ether oxygens (including phenoxy) is 1. The van der Waals surface area contributed by atoms with E-state index >= 15 is 0 Å². The van der Waals surface area contributed by atoms with E-state index in [2.05, 4.69) is 5.32 Å². The number of anilines is 1. The highest BCUT2D eigenvalue weighted by atomic mass is 35.5. The second-order valence-electron chi connectivity index (χ2n) is 3.36. The fourth-order valence-electron chi connectivity index (χ4n) is 1.17. The monoisotopic (exact) mass is 258 g/mol. The Morgan fingerprint density at radius 2 is 2.35 bits per heavy atom. The quantitative estimate of drug-likeness (QED) is 0.736. The topological polar surface area (TPSA) is 84.6 Å².